The standard InChI is InChI=1S/C18H22N4O4/c1-22(2)16-15(8-5-9-19-16)17(23)20-13-6-4-7-14(12-13)21-18(24)26-11-10-25-3/h4-9,12H,10-11H2,1-3H3,(H,20,23)(H,21,24). The van der Waals surface area contributed by atoms with E-state index in [1.165, 1.54) is 7.11 Å². The Bertz CT molecular complexity index is 764. The van der Waals surface area contributed by atoms with Gasteiger partial charge in [-0.2, -0.15) is 0 Å². The van der Waals surface area contributed by atoms with Crippen molar-refractivity contribution in [3.8, 4) is 0 Å². The molecule has 0 saturated carbocycles. The highest BCUT2D eigenvalue weighted by Gasteiger charge is 2.14. The van der Waals surface area contributed by atoms with Crippen molar-refractivity contribution in [3.05, 3.63) is 48.2 Å². The first-order valence-corrected chi connectivity index (χ1v) is 7.97. The molecule has 2 aromatic rings. The summed E-state index contributed by atoms with van der Waals surface area (Å²) in [6, 6.07) is 10.2. The summed E-state index contributed by atoms with van der Waals surface area (Å²) in [4.78, 5) is 30.2. The monoisotopic (exact) mass is 358 g/mol. The summed E-state index contributed by atoms with van der Waals surface area (Å²) >= 11 is 0. The number of benzene rings is 1. The van der Waals surface area contributed by atoms with E-state index in [1.54, 1.807) is 47.5 Å². The molecule has 0 unspecified atom stereocenters. The highest BCUT2D eigenvalue weighted by Crippen LogP contribution is 2.19. The first-order chi connectivity index (χ1) is 12.5. The van der Waals surface area contributed by atoms with Crippen molar-refractivity contribution in [3.63, 3.8) is 0 Å². The van der Waals surface area contributed by atoms with E-state index < -0.39 is 6.09 Å². The summed E-state index contributed by atoms with van der Waals surface area (Å²) in [5.41, 5.74) is 1.50. The number of anilines is 3. The van der Waals surface area contributed by atoms with Gasteiger partial charge in [0.05, 0.1) is 12.2 Å². The zero-order valence-electron chi connectivity index (χ0n) is 15.0. The maximum Gasteiger partial charge on any atom is 0.411 e. The molecule has 26 heavy (non-hydrogen) atoms. The highest BCUT2D eigenvalue weighted by atomic mass is 16.6. The molecular weight excluding hydrogens is 336 g/mol. The molecule has 1 aromatic carbocycles. The molecule has 1 aromatic heterocycles. The van der Waals surface area contributed by atoms with Crippen LogP contribution in [0.4, 0.5) is 22.0 Å². The van der Waals surface area contributed by atoms with Crippen LogP contribution in [0.5, 0.6) is 0 Å². The molecule has 2 N–H and O–H groups in total. The van der Waals surface area contributed by atoms with Crippen molar-refractivity contribution >= 4 is 29.2 Å². The Hall–Kier alpha value is -3.13. The SMILES string of the molecule is COCCOC(=O)Nc1cccc(NC(=O)c2cccnc2N(C)C)c1. The Labute approximate surface area is 152 Å². The Morgan fingerprint density at radius 2 is 1.81 bits per heavy atom. The topological polar surface area (TPSA) is 92.8 Å². The van der Waals surface area contributed by atoms with Crippen molar-refractivity contribution in [2.24, 2.45) is 0 Å². The van der Waals surface area contributed by atoms with E-state index in [4.69, 9.17) is 9.47 Å². The normalized spacial score (nSPS) is 10.1. The van der Waals surface area contributed by atoms with Crippen LogP contribution in [0, 0.1) is 0 Å². The second kappa shape index (κ2) is 9.38. The zero-order chi connectivity index (χ0) is 18.9. The third kappa shape index (κ3) is 5.45. The summed E-state index contributed by atoms with van der Waals surface area (Å²) in [7, 11) is 5.16. The molecule has 138 valence electrons. The molecule has 8 nitrogen and oxygen atoms in total. The summed E-state index contributed by atoms with van der Waals surface area (Å²) < 4.78 is 9.76. The first kappa shape index (κ1) is 19.2. The van der Waals surface area contributed by atoms with Crippen LogP contribution in [0.25, 0.3) is 0 Å². The number of ether oxygens (including phenoxy) is 2. The van der Waals surface area contributed by atoms with Gasteiger partial charge in [0.1, 0.15) is 12.4 Å². The van der Waals surface area contributed by atoms with Gasteiger partial charge in [0.25, 0.3) is 5.91 Å². The van der Waals surface area contributed by atoms with Gasteiger partial charge in [0.2, 0.25) is 0 Å². The van der Waals surface area contributed by atoms with Crippen LogP contribution in [0.15, 0.2) is 42.6 Å². The maximum atomic E-state index is 12.5. The lowest BCUT2D eigenvalue weighted by Gasteiger charge is -2.15. The number of nitrogens with zero attached hydrogens (tertiary/aromatic N) is 2. The second-order valence-electron chi connectivity index (χ2n) is 5.56. The number of aromatic nitrogens is 1. The number of carbonyl (C=O) groups excluding carboxylic acids is 2. The van der Waals surface area contributed by atoms with Crippen LogP contribution >= 0.6 is 0 Å². The highest BCUT2D eigenvalue weighted by molar-refractivity contribution is 6.07. The molecular formula is C18H22N4O4. The Morgan fingerprint density at radius 3 is 2.50 bits per heavy atom. The van der Waals surface area contributed by atoms with E-state index in [-0.39, 0.29) is 12.5 Å². The minimum atomic E-state index is -0.590. The number of hydrogen-bond donors (Lipinski definition) is 2. The summed E-state index contributed by atoms with van der Waals surface area (Å²) in [6.45, 7) is 0.482. The van der Waals surface area contributed by atoms with Crippen LogP contribution in [0.3, 0.4) is 0 Å². The number of nitrogens with one attached hydrogen (secondary N) is 2. The lowest BCUT2D eigenvalue weighted by molar-refractivity contribution is 0.102. The van der Waals surface area contributed by atoms with Crippen LogP contribution in [0.1, 0.15) is 10.4 Å². The molecule has 0 spiro atoms. The largest absolute Gasteiger partial charge is 0.447 e. The Balaban J connectivity index is 2.04. The number of methoxy groups -OCH3 is 1. The first-order valence-electron chi connectivity index (χ1n) is 7.97. The average Bonchev–Trinajstić information content (AvgIpc) is 2.62. The van der Waals surface area contributed by atoms with Gasteiger partial charge in [-0.3, -0.25) is 10.1 Å². The smallest absolute Gasteiger partial charge is 0.411 e. The van der Waals surface area contributed by atoms with Gasteiger partial charge in [-0.1, -0.05) is 6.07 Å². The van der Waals surface area contributed by atoms with Crippen molar-refractivity contribution in [1.29, 1.82) is 0 Å². The van der Waals surface area contributed by atoms with Crippen LogP contribution in [-0.4, -0.2) is 51.4 Å². The molecule has 0 atom stereocenters. The van der Waals surface area contributed by atoms with Gasteiger partial charge in [-0.05, 0) is 30.3 Å². The number of hydrogen-bond acceptors (Lipinski definition) is 6. The number of amides is 2. The van der Waals surface area contributed by atoms with Gasteiger partial charge in [0.15, 0.2) is 0 Å². The fraction of sp³-hybridized carbons (Fsp3) is 0.278. The van der Waals surface area contributed by atoms with E-state index in [0.29, 0.717) is 29.4 Å². The molecule has 2 amide bonds. The molecule has 0 saturated heterocycles. The van der Waals surface area contributed by atoms with E-state index in [1.807, 2.05) is 14.1 Å². The third-order valence-corrected chi connectivity index (χ3v) is 3.34. The minimum absolute atomic E-state index is 0.160. The van der Waals surface area contributed by atoms with Crippen LogP contribution in [-0.2, 0) is 9.47 Å². The van der Waals surface area contributed by atoms with Crippen molar-refractivity contribution < 1.29 is 19.1 Å². The van der Waals surface area contributed by atoms with Crippen molar-refractivity contribution in [2.45, 2.75) is 0 Å². The third-order valence-electron chi connectivity index (χ3n) is 3.34. The molecule has 2 rings (SSSR count). The molecule has 0 aliphatic carbocycles. The molecule has 1 heterocycles. The van der Waals surface area contributed by atoms with E-state index in [0.717, 1.165) is 0 Å². The van der Waals surface area contributed by atoms with Gasteiger partial charge < -0.3 is 19.7 Å². The molecule has 0 aliphatic heterocycles. The summed E-state index contributed by atoms with van der Waals surface area (Å²) in [5.74, 6) is 0.280. The maximum absolute atomic E-state index is 12.5. The Kier molecular flexibility index (Phi) is 6.92. The fourth-order valence-electron chi connectivity index (χ4n) is 2.18. The molecule has 0 radical (unpaired) electrons. The average molecular weight is 358 g/mol. The molecule has 8 heteroatoms. The molecule has 0 bridgehead atoms. The lowest BCUT2D eigenvalue weighted by Crippen LogP contribution is -2.20. The zero-order valence-corrected chi connectivity index (χ0v) is 15.0. The molecule has 0 fully saturated rings. The van der Waals surface area contributed by atoms with E-state index in [9.17, 15) is 9.59 Å². The predicted molar refractivity (Wildman–Crippen MR) is 99.8 cm³/mol. The number of carbonyl (C=O) groups is 2. The fourth-order valence-corrected chi connectivity index (χ4v) is 2.18. The van der Waals surface area contributed by atoms with E-state index in [2.05, 4.69) is 15.6 Å². The van der Waals surface area contributed by atoms with E-state index >= 15 is 0 Å². The predicted octanol–water partition coefficient (Wildman–Crippen LogP) is 2.59. The van der Waals surface area contributed by atoms with Gasteiger partial charge >= 0.3 is 6.09 Å². The quantitative estimate of drug-likeness (QED) is 0.739. The lowest BCUT2D eigenvalue weighted by atomic mass is 10.2. The van der Waals surface area contributed by atoms with Crippen molar-refractivity contribution in [2.75, 3.05) is 50.0 Å². The summed E-state index contributed by atoms with van der Waals surface area (Å²) in [5, 5.41) is 5.40. The van der Waals surface area contributed by atoms with Gasteiger partial charge in [0, 0.05) is 38.8 Å². The minimum Gasteiger partial charge on any atom is -0.447 e. The number of pyridine rings is 1. The van der Waals surface area contributed by atoms with Gasteiger partial charge in [-0.25, -0.2) is 9.78 Å². The second-order valence-corrected chi connectivity index (χ2v) is 5.56. The summed E-state index contributed by atoms with van der Waals surface area (Å²) in [6.07, 6.45) is 1.04. The van der Waals surface area contributed by atoms with Gasteiger partial charge in [-0.15, -0.1) is 0 Å². The van der Waals surface area contributed by atoms with Crippen LogP contribution in [0.2, 0.25) is 0 Å². The number of rotatable bonds is 7. The van der Waals surface area contributed by atoms with Crippen molar-refractivity contribution in [1.82, 2.24) is 4.98 Å². The van der Waals surface area contributed by atoms with Crippen LogP contribution < -0.4 is 15.5 Å². The molecule has 0 aliphatic rings. The Morgan fingerprint density at radius 1 is 1.08 bits per heavy atom.